The molecule has 0 radical (unpaired) electrons. The van der Waals surface area contributed by atoms with Gasteiger partial charge in [0, 0.05) is 11.7 Å². The van der Waals surface area contributed by atoms with Crippen molar-refractivity contribution in [2.45, 2.75) is 53.0 Å². The maximum Gasteiger partial charge on any atom is 0.118 e. The molecule has 0 aromatic heterocycles. The standard InChI is InChI=1S/C16H25NO/c1-10-5-11(2)7-14(6-10)17-15-8-13(4)16(18)9-12(15)3/h8-11,14,17-18H,5-7H2,1-4H3. The van der Waals surface area contributed by atoms with Crippen LogP contribution in [0.3, 0.4) is 0 Å². The van der Waals surface area contributed by atoms with E-state index in [1.807, 2.05) is 13.0 Å². The third-order valence-corrected chi connectivity index (χ3v) is 4.08. The first-order chi connectivity index (χ1) is 8.45. The van der Waals surface area contributed by atoms with Gasteiger partial charge in [-0.25, -0.2) is 0 Å². The van der Waals surface area contributed by atoms with Crippen LogP contribution in [-0.4, -0.2) is 11.1 Å². The van der Waals surface area contributed by atoms with Crippen molar-refractivity contribution in [2.75, 3.05) is 5.32 Å². The summed E-state index contributed by atoms with van der Waals surface area (Å²) in [5.41, 5.74) is 3.25. The molecule has 0 spiro atoms. The maximum absolute atomic E-state index is 9.69. The minimum atomic E-state index is 0.392. The number of hydrogen-bond donors (Lipinski definition) is 2. The van der Waals surface area contributed by atoms with Crippen molar-refractivity contribution in [2.24, 2.45) is 11.8 Å². The second-order valence-corrected chi connectivity index (χ2v) is 6.21. The largest absolute Gasteiger partial charge is 0.508 e. The van der Waals surface area contributed by atoms with Crippen LogP contribution >= 0.6 is 0 Å². The predicted octanol–water partition coefficient (Wildman–Crippen LogP) is 4.25. The fourth-order valence-corrected chi connectivity index (χ4v) is 3.24. The average Bonchev–Trinajstić information content (AvgIpc) is 2.24. The number of phenols is 1. The van der Waals surface area contributed by atoms with E-state index in [1.54, 1.807) is 0 Å². The highest BCUT2D eigenvalue weighted by atomic mass is 16.3. The lowest BCUT2D eigenvalue weighted by Crippen LogP contribution is -2.30. The molecule has 2 unspecified atom stereocenters. The number of phenolic OH excluding ortho intramolecular Hbond substituents is 1. The predicted molar refractivity (Wildman–Crippen MR) is 77.2 cm³/mol. The van der Waals surface area contributed by atoms with Gasteiger partial charge >= 0.3 is 0 Å². The Labute approximate surface area is 110 Å². The lowest BCUT2D eigenvalue weighted by atomic mass is 9.80. The molecule has 0 aliphatic heterocycles. The Morgan fingerprint density at radius 1 is 1.00 bits per heavy atom. The molecule has 1 aliphatic rings. The summed E-state index contributed by atoms with van der Waals surface area (Å²) >= 11 is 0. The zero-order chi connectivity index (χ0) is 13.3. The first-order valence-electron chi connectivity index (χ1n) is 7.02. The van der Waals surface area contributed by atoms with Crippen LogP contribution in [0.5, 0.6) is 5.75 Å². The van der Waals surface area contributed by atoms with Gasteiger partial charge in [0.1, 0.15) is 5.75 Å². The van der Waals surface area contributed by atoms with E-state index in [0.717, 1.165) is 23.0 Å². The van der Waals surface area contributed by atoms with Gasteiger partial charge in [-0.1, -0.05) is 13.8 Å². The molecule has 2 N–H and O–H groups in total. The van der Waals surface area contributed by atoms with Gasteiger partial charge in [0.15, 0.2) is 0 Å². The summed E-state index contributed by atoms with van der Waals surface area (Å²) in [6.07, 6.45) is 3.86. The number of rotatable bonds is 2. The first kappa shape index (κ1) is 13.3. The maximum atomic E-state index is 9.69. The average molecular weight is 247 g/mol. The second-order valence-electron chi connectivity index (χ2n) is 6.21. The molecule has 1 aromatic carbocycles. The van der Waals surface area contributed by atoms with Crippen LogP contribution in [0.4, 0.5) is 5.69 Å². The molecule has 2 heteroatoms. The van der Waals surface area contributed by atoms with Crippen molar-refractivity contribution in [3.63, 3.8) is 0 Å². The Kier molecular flexibility index (Phi) is 3.84. The number of aryl methyl sites for hydroxylation is 2. The molecular formula is C16H25NO. The van der Waals surface area contributed by atoms with Gasteiger partial charge in [-0.3, -0.25) is 0 Å². The van der Waals surface area contributed by atoms with E-state index in [2.05, 4.69) is 32.2 Å². The second kappa shape index (κ2) is 5.21. The zero-order valence-corrected chi connectivity index (χ0v) is 12.0. The summed E-state index contributed by atoms with van der Waals surface area (Å²) in [4.78, 5) is 0. The van der Waals surface area contributed by atoms with E-state index in [-0.39, 0.29) is 0 Å². The molecule has 2 nitrogen and oxygen atoms in total. The summed E-state index contributed by atoms with van der Waals surface area (Å²) < 4.78 is 0. The Hall–Kier alpha value is -1.18. The van der Waals surface area contributed by atoms with E-state index in [9.17, 15) is 5.11 Å². The smallest absolute Gasteiger partial charge is 0.118 e. The molecule has 0 bridgehead atoms. The van der Waals surface area contributed by atoms with Crippen LogP contribution in [-0.2, 0) is 0 Å². The van der Waals surface area contributed by atoms with E-state index in [1.165, 1.54) is 24.9 Å². The Morgan fingerprint density at radius 2 is 1.61 bits per heavy atom. The Morgan fingerprint density at radius 3 is 2.22 bits per heavy atom. The minimum absolute atomic E-state index is 0.392. The zero-order valence-electron chi connectivity index (χ0n) is 12.0. The molecule has 1 aromatic rings. The molecule has 0 saturated heterocycles. The van der Waals surface area contributed by atoms with E-state index in [4.69, 9.17) is 0 Å². The lowest BCUT2D eigenvalue weighted by Gasteiger charge is -2.33. The normalized spacial score (nSPS) is 28.1. The highest BCUT2D eigenvalue weighted by molar-refractivity contribution is 5.57. The highest BCUT2D eigenvalue weighted by Crippen LogP contribution is 2.32. The molecular weight excluding hydrogens is 222 g/mol. The molecule has 2 atom stereocenters. The van der Waals surface area contributed by atoms with Gasteiger partial charge in [-0.2, -0.15) is 0 Å². The molecule has 0 heterocycles. The van der Waals surface area contributed by atoms with E-state index >= 15 is 0 Å². The third kappa shape index (κ3) is 2.98. The van der Waals surface area contributed by atoms with Gasteiger partial charge in [0.05, 0.1) is 0 Å². The number of benzene rings is 1. The number of aromatic hydroxyl groups is 1. The van der Waals surface area contributed by atoms with Crippen molar-refractivity contribution in [1.82, 2.24) is 0 Å². The van der Waals surface area contributed by atoms with Crippen LogP contribution < -0.4 is 5.32 Å². The van der Waals surface area contributed by atoms with Crippen LogP contribution in [0.2, 0.25) is 0 Å². The SMILES string of the molecule is Cc1cc(NC2CC(C)CC(C)C2)c(C)cc1O. The number of hydrogen-bond acceptors (Lipinski definition) is 2. The minimum Gasteiger partial charge on any atom is -0.508 e. The third-order valence-electron chi connectivity index (χ3n) is 4.08. The number of nitrogens with one attached hydrogen (secondary N) is 1. The van der Waals surface area contributed by atoms with Gasteiger partial charge in [-0.05, 0) is 68.2 Å². The Balaban J connectivity index is 2.11. The topological polar surface area (TPSA) is 32.3 Å². The quantitative estimate of drug-likeness (QED) is 0.766. The van der Waals surface area contributed by atoms with Crippen molar-refractivity contribution >= 4 is 5.69 Å². The van der Waals surface area contributed by atoms with Crippen LogP contribution in [0, 0.1) is 25.7 Å². The van der Waals surface area contributed by atoms with Crippen molar-refractivity contribution in [1.29, 1.82) is 0 Å². The van der Waals surface area contributed by atoms with Gasteiger partial charge in [0.25, 0.3) is 0 Å². The first-order valence-corrected chi connectivity index (χ1v) is 7.02. The highest BCUT2D eigenvalue weighted by Gasteiger charge is 2.24. The van der Waals surface area contributed by atoms with Crippen LogP contribution in [0.15, 0.2) is 12.1 Å². The number of anilines is 1. The molecule has 100 valence electrons. The monoisotopic (exact) mass is 247 g/mol. The van der Waals surface area contributed by atoms with Crippen molar-refractivity contribution < 1.29 is 5.11 Å². The molecule has 18 heavy (non-hydrogen) atoms. The molecule has 1 fully saturated rings. The van der Waals surface area contributed by atoms with Gasteiger partial charge < -0.3 is 10.4 Å². The molecule has 1 saturated carbocycles. The van der Waals surface area contributed by atoms with E-state index < -0.39 is 0 Å². The molecule has 0 amide bonds. The summed E-state index contributed by atoms with van der Waals surface area (Å²) in [5, 5.41) is 13.4. The summed E-state index contributed by atoms with van der Waals surface area (Å²) in [7, 11) is 0. The fraction of sp³-hybridized carbons (Fsp3) is 0.625. The summed E-state index contributed by atoms with van der Waals surface area (Å²) in [6, 6.07) is 4.49. The van der Waals surface area contributed by atoms with Gasteiger partial charge in [0.2, 0.25) is 0 Å². The van der Waals surface area contributed by atoms with Crippen LogP contribution in [0.1, 0.15) is 44.2 Å². The molecule has 1 aliphatic carbocycles. The van der Waals surface area contributed by atoms with Crippen LogP contribution in [0.25, 0.3) is 0 Å². The fourth-order valence-electron chi connectivity index (χ4n) is 3.24. The molecule has 2 rings (SSSR count). The lowest BCUT2D eigenvalue weighted by molar-refractivity contribution is 0.281. The van der Waals surface area contributed by atoms with Gasteiger partial charge in [-0.15, -0.1) is 0 Å². The van der Waals surface area contributed by atoms with E-state index in [0.29, 0.717) is 11.8 Å². The van der Waals surface area contributed by atoms with Crippen molar-refractivity contribution in [3.05, 3.63) is 23.3 Å². The summed E-state index contributed by atoms with van der Waals surface area (Å²) in [5.74, 6) is 2.01. The van der Waals surface area contributed by atoms with Crippen molar-refractivity contribution in [3.8, 4) is 5.75 Å². The summed E-state index contributed by atoms with van der Waals surface area (Å²) in [6.45, 7) is 8.70. The Bertz CT molecular complexity index is 417.